The zero-order valence-corrected chi connectivity index (χ0v) is 10.2. The maximum absolute atomic E-state index is 11.2. The Kier molecular flexibility index (Phi) is 10.7. The first-order valence-corrected chi connectivity index (χ1v) is 6.15. The number of carboxylic acids is 1. The van der Waals surface area contributed by atoms with Crippen LogP contribution in [0.15, 0.2) is 0 Å². The quantitative estimate of drug-likeness (QED) is 0.428. The maximum Gasteiger partial charge on any atom is 0.305 e. The van der Waals surface area contributed by atoms with Crippen LogP contribution in [-0.4, -0.2) is 35.4 Å². The summed E-state index contributed by atoms with van der Waals surface area (Å²) in [4.78, 5) is 21.4. The van der Waals surface area contributed by atoms with Gasteiger partial charge in [0.05, 0.1) is 6.61 Å². The Bertz CT molecular complexity index is 215. The summed E-state index contributed by atoms with van der Waals surface area (Å²) in [5, 5.41) is 16.9. The summed E-state index contributed by atoms with van der Waals surface area (Å²) in [5.74, 6) is -1.01. The van der Waals surface area contributed by atoms with Crippen molar-refractivity contribution in [1.29, 1.82) is 0 Å². The third-order valence-electron chi connectivity index (χ3n) is 2.34. The zero-order valence-electron chi connectivity index (χ0n) is 10.2. The Morgan fingerprint density at radius 1 is 0.882 bits per heavy atom. The molecule has 17 heavy (non-hydrogen) atoms. The van der Waals surface area contributed by atoms with E-state index in [-0.39, 0.29) is 19.0 Å². The molecule has 0 radical (unpaired) electrons. The number of carbonyl (C=O) groups excluding carboxylic acids is 1. The molecule has 0 unspecified atom stereocenters. The molecule has 5 heteroatoms. The molecule has 0 atom stereocenters. The lowest BCUT2D eigenvalue weighted by molar-refractivity contribution is -0.143. The van der Waals surface area contributed by atoms with Crippen LogP contribution in [0.5, 0.6) is 0 Å². The fourth-order valence-corrected chi connectivity index (χ4v) is 1.37. The Morgan fingerprint density at radius 3 is 2.18 bits per heavy atom. The molecule has 0 heterocycles. The van der Waals surface area contributed by atoms with Gasteiger partial charge in [-0.05, 0) is 32.1 Å². The Hall–Kier alpha value is -1.10. The van der Waals surface area contributed by atoms with E-state index in [2.05, 4.69) is 0 Å². The lowest BCUT2D eigenvalue weighted by Gasteiger charge is -2.04. The molecule has 5 nitrogen and oxygen atoms in total. The molecule has 100 valence electrons. The topological polar surface area (TPSA) is 83.8 Å². The maximum atomic E-state index is 11.2. The van der Waals surface area contributed by atoms with Crippen LogP contribution < -0.4 is 0 Å². The number of carboxylic acid groups (broad SMARTS) is 1. The second kappa shape index (κ2) is 11.4. The third-order valence-corrected chi connectivity index (χ3v) is 2.34. The third kappa shape index (κ3) is 12.8. The predicted octanol–water partition coefficient (Wildman–Crippen LogP) is 1.73. The number of hydrogen-bond donors (Lipinski definition) is 2. The predicted molar refractivity (Wildman–Crippen MR) is 62.6 cm³/mol. The minimum atomic E-state index is -0.795. The molecule has 0 rings (SSSR count). The number of carbonyl (C=O) groups is 2. The summed E-state index contributed by atoms with van der Waals surface area (Å²) in [6.07, 6.45) is 4.95. The Morgan fingerprint density at radius 2 is 1.53 bits per heavy atom. The van der Waals surface area contributed by atoms with E-state index in [9.17, 15) is 9.59 Å². The van der Waals surface area contributed by atoms with Gasteiger partial charge < -0.3 is 14.9 Å². The standard InChI is InChI=1S/C12H22O5/c13-9-5-2-6-10-17-12(16)8-4-1-3-7-11(14)15/h13H,1-10H2,(H,14,15). The van der Waals surface area contributed by atoms with Gasteiger partial charge in [0, 0.05) is 19.4 Å². The van der Waals surface area contributed by atoms with E-state index in [0.717, 1.165) is 25.7 Å². The van der Waals surface area contributed by atoms with Gasteiger partial charge in [-0.1, -0.05) is 6.42 Å². The largest absolute Gasteiger partial charge is 0.481 e. The number of aliphatic hydroxyl groups is 1. The Balaban J connectivity index is 3.20. The summed E-state index contributed by atoms with van der Waals surface area (Å²) in [6, 6.07) is 0. The molecule has 0 saturated heterocycles. The molecule has 0 spiro atoms. The first kappa shape index (κ1) is 15.9. The normalized spacial score (nSPS) is 10.2. The second-order valence-corrected chi connectivity index (χ2v) is 3.96. The van der Waals surface area contributed by atoms with Gasteiger partial charge in [0.15, 0.2) is 0 Å². The molecule has 0 aliphatic heterocycles. The van der Waals surface area contributed by atoms with Crippen LogP contribution in [0.2, 0.25) is 0 Å². The lowest BCUT2D eigenvalue weighted by Crippen LogP contribution is -2.06. The van der Waals surface area contributed by atoms with Gasteiger partial charge in [0.1, 0.15) is 0 Å². The SMILES string of the molecule is O=C(O)CCCCCC(=O)OCCCCCO. The monoisotopic (exact) mass is 246 g/mol. The number of aliphatic hydroxyl groups excluding tert-OH is 1. The molecule has 0 aliphatic rings. The molecule has 0 aromatic carbocycles. The van der Waals surface area contributed by atoms with Crippen LogP contribution in [0.4, 0.5) is 0 Å². The van der Waals surface area contributed by atoms with Crippen molar-refractivity contribution in [3.05, 3.63) is 0 Å². The summed E-state index contributed by atoms with van der Waals surface area (Å²) >= 11 is 0. The minimum Gasteiger partial charge on any atom is -0.481 e. The van der Waals surface area contributed by atoms with E-state index < -0.39 is 5.97 Å². The second-order valence-electron chi connectivity index (χ2n) is 3.96. The van der Waals surface area contributed by atoms with Gasteiger partial charge >= 0.3 is 11.9 Å². The van der Waals surface area contributed by atoms with Crippen LogP contribution >= 0.6 is 0 Å². The van der Waals surface area contributed by atoms with E-state index >= 15 is 0 Å². The van der Waals surface area contributed by atoms with E-state index in [4.69, 9.17) is 14.9 Å². The van der Waals surface area contributed by atoms with Crippen molar-refractivity contribution in [2.24, 2.45) is 0 Å². The van der Waals surface area contributed by atoms with Crippen LogP contribution in [0.1, 0.15) is 51.4 Å². The van der Waals surface area contributed by atoms with E-state index in [1.54, 1.807) is 0 Å². The molecule has 0 aromatic rings. The molecule has 0 saturated carbocycles. The van der Waals surface area contributed by atoms with Crippen LogP contribution in [0, 0.1) is 0 Å². The highest BCUT2D eigenvalue weighted by Crippen LogP contribution is 2.04. The fraction of sp³-hybridized carbons (Fsp3) is 0.833. The smallest absolute Gasteiger partial charge is 0.305 e. The number of rotatable bonds is 11. The number of unbranched alkanes of at least 4 members (excludes halogenated alkanes) is 4. The van der Waals surface area contributed by atoms with Crippen molar-refractivity contribution < 1.29 is 24.5 Å². The van der Waals surface area contributed by atoms with Crippen molar-refractivity contribution in [2.45, 2.75) is 51.4 Å². The highest BCUT2D eigenvalue weighted by Gasteiger charge is 2.03. The number of hydrogen-bond acceptors (Lipinski definition) is 4. The number of aliphatic carboxylic acids is 1. The van der Waals surface area contributed by atoms with E-state index in [1.807, 2.05) is 0 Å². The lowest BCUT2D eigenvalue weighted by atomic mass is 10.1. The molecule has 0 fully saturated rings. The molecule has 2 N–H and O–H groups in total. The fourth-order valence-electron chi connectivity index (χ4n) is 1.37. The summed E-state index contributed by atoms with van der Waals surface area (Å²) < 4.78 is 4.98. The summed E-state index contributed by atoms with van der Waals surface area (Å²) in [7, 11) is 0. The Labute approximate surface area is 102 Å². The van der Waals surface area contributed by atoms with Crippen LogP contribution in [0.3, 0.4) is 0 Å². The van der Waals surface area contributed by atoms with Gasteiger partial charge in [0.25, 0.3) is 0 Å². The molecular weight excluding hydrogens is 224 g/mol. The van der Waals surface area contributed by atoms with Gasteiger partial charge in [-0.15, -0.1) is 0 Å². The van der Waals surface area contributed by atoms with Crippen molar-refractivity contribution in [1.82, 2.24) is 0 Å². The van der Waals surface area contributed by atoms with Crippen LogP contribution in [0.25, 0.3) is 0 Å². The molecule has 0 aromatic heterocycles. The summed E-state index contributed by atoms with van der Waals surface area (Å²) in [5.41, 5.74) is 0. The minimum absolute atomic E-state index is 0.163. The van der Waals surface area contributed by atoms with E-state index in [0.29, 0.717) is 25.9 Å². The highest BCUT2D eigenvalue weighted by molar-refractivity contribution is 5.69. The van der Waals surface area contributed by atoms with Gasteiger partial charge in [-0.3, -0.25) is 9.59 Å². The average molecular weight is 246 g/mol. The van der Waals surface area contributed by atoms with Crippen molar-refractivity contribution in [3.8, 4) is 0 Å². The zero-order chi connectivity index (χ0) is 12.9. The average Bonchev–Trinajstić information content (AvgIpc) is 2.28. The first-order valence-electron chi connectivity index (χ1n) is 6.15. The van der Waals surface area contributed by atoms with Gasteiger partial charge in [0.2, 0.25) is 0 Å². The number of ether oxygens (including phenoxy) is 1. The van der Waals surface area contributed by atoms with Gasteiger partial charge in [-0.25, -0.2) is 0 Å². The summed E-state index contributed by atoms with van der Waals surface area (Å²) in [6.45, 7) is 0.589. The van der Waals surface area contributed by atoms with Crippen LogP contribution in [-0.2, 0) is 14.3 Å². The van der Waals surface area contributed by atoms with E-state index in [1.165, 1.54) is 0 Å². The first-order chi connectivity index (χ1) is 8.16. The van der Waals surface area contributed by atoms with Gasteiger partial charge in [-0.2, -0.15) is 0 Å². The molecule has 0 amide bonds. The molecule has 0 aliphatic carbocycles. The van der Waals surface area contributed by atoms with Crippen molar-refractivity contribution in [2.75, 3.05) is 13.2 Å². The molecule has 0 bridgehead atoms. The van der Waals surface area contributed by atoms with Crippen molar-refractivity contribution >= 4 is 11.9 Å². The highest BCUT2D eigenvalue weighted by atomic mass is 16.5. The molecular formula is C12H22O5. The number of esters is 1. The van der Waals surface area contributed by atoms with Crippen molar-refractivity contribution in [3.63, 3.8) is 0 Å².